The van der Waals surface area contributed by atoms with Crippen LogP contribution >= 0.6 is 0 Å². The molecular weight excluding hydrogens is 408 g/mol. The van der Waals surface area contributed by atoms with Gasteiger partial charge in [-0.3, -0.25) is 4.79 Å². The SMILES string of the molecule is Cc1cc([C@@H](C)Nc2nnccc2C(=O)O)c2oc(N3CCC(C)(C)CC3)cc(=O)c2c1. The normalized spacial score (nSPS) is 16.7. The Labute approximate surface area is 186 Å². The molecule has 1 aliphatic heterocycles. The molecule has 32 heavy (non-hydrogen) atoms. The number of aryl methyl sites for hydroxylation is 1. The van der Waals surface area contributed by atoms with Crippen molar-refractivity contribution in [1.29, 1.82) is 0 Å². The summed E-state index contributed by atoms with van der Waals surface area (Å²) >= 11 is 0. The van der Waals surface area contributed by atoms with Crippen LogP contribution < -0.4 is 15.6 Å². The first-order chi connectivity index (χ1) is 15.1. The molecule has 2 aromatic heterocycles. The maximum absolute atomic E-state index is 13.0. The maximum Gasteiger partial charge on any atom is 0.339 e. The van der Waals surface area contributed by atoms with Gasteiger partial charge in [-0.2, -0.15) is 5.10 Å². The van der Waals surface area contributed by atoms with Crippen LogP contribution in [0.15, 0.2) is 39.7 Å². The Morgan fingerprint density at radius 3 is 2.66 bits per heavy atom. The Kier molecular flexibility index (Phi) is 5.62. The third-order valence-corrected chi connectivity index (χ3v) is 6.19. The summed E-state index contributed by atoms with van der Waals surface area (Å²) < 4.78 is 6.31. The number of carbonyl (C=O) groups is 1. The van der Waals surface area contributed by atoms with E-state index in [4.69, 9.17) is 4.42 Å². The summed E-state index contributed by atoms with van der Waals surface area (Å²) in [6.07, 6.45) is 3.39. The van der Waals surface area contributed by atoms with Gasteiger partial charge in [0, 0.05) is 24.7 Å². The van der Waals surface area contributed by atoms with Gasteiger partial charge in [0.1, 0.15) is 11.1 Å². The van der Waals surface area contributed by atoms with Crippen molar-refractivity contribution in [3.05, 3.63) is 57.4 Å². The highest BCUT2D eigenvalue weighted by Crippen LogP contribution is 2.34. The van der Waals surface area contributed by atoms with Crippen LogP contribution in [0.25, 0.3) is 11.0 Å². The topological polar surface area (TPSA) is 109 Å². The summed E-state index contributed by atoms with van der Waals surface area (Å²) in [4.78, 5) is 26.7. The number of carboxylic acid groups (broad SMARTS) is 1. The molecule has 0 amide bonds. The molecule has 4 rings (SSSR count). The smallest absolute Gasteiger partial charge is 0.339 e. The minimum atomic E-state index is -1.09. The van der Waals surface area contributed by atoms with E-state index in [1.807, 2.05) is 26.0 Å². The van der Waals surface area contributed by atoms with Crippen LogP contribution in [0.2, 0.25) is 0 Å². The van der Waals surface area contributed by atoms with Gasteiger partial charge >= 0.3 is 5.97 Å². The maximum atomic E-state index is 13.0. The van der Waals surface area contributed by atoms with Gasteiger partial charge in [-0.05, 0) is 49.8 Å². The minimum absolute atomic E-state index is 0.0295. The number of aromatic nitrogens is 2. The van der Waals surface area contributed by atoms with Gasteiger partial charge < -0.3 is 19.7 Å². The highest BCUT2D eigenvalue weighted by molar-refractivity contribution is 5.93. The Hall–Kier alpha value is -3.42. The van der Waals surface area contributed by atoms with Gasteiger partial charge in [-0.15, -0.1) is 5.10 Å². The van der Waals surface area contributed by atoms with E-state index < -0.39 is 5.97 Å². The largest absolute Gasteiger partial charge is 0.478 e. The second-order valence-corrected chi connectivity index (χ2v) is 9.30. The lowest BCUT2D eigenvalue weighted by atomic mass is 9.83. The lowest BCUT2D eigenvalue weighted by molar-refractivity contribution is 0.0697. The van der Waals surface area contributed by atoms with Crippen molar-refractivity contribution >= 4 is 28.6 Å². The zero-order chi connectivity index (χ0) is 23.0. The first kappa shape index (κ1) is 21.8. The first-order valence-corrected chi connectivity index (χ1v) is 10.8. The molecule has 0 saturated carbocycles. The highest BCUT2D eigenvalue weighted by Gasteiger charge is 2.27. The van der Waals surface area contributed by atoms with Crippen molar-refractivity contribution in [3.63, 3.8) is 0 Å². The highest BCUT2D eigenvalue weighted by atomic mass is 16.4. The number of benzene rings is 1. The first-order valence-electron chi connectivity index (χ1n) is 10.8. The van der Waals surface area contributed by atoms with Crippen LogP contribution in [0.4, 0.5) is 11.7 Å². The van der Waals surface area contributed by atoms with Crippen molar-refractivity contribution in [2.75, 3.05) is 23.3 Å². The van der Waals surface area contributed by atoms with Gasteiger partial charge in [0.05, 0.1) is 17.6 Å². The molecule has 168 valence electrons. The average molecular weight is 437 g/mol. The predicted molar refractivity (Wildman–Crippen MR) is 123 cm³/mol. The Morgan fingerprint density at radius 2 is 1.97 bits per heavy atom. The fraction of sp³-hybridized carbons (Fsp3) is 0.417. The molecular formula is C24H28N4O4. The van der Waals surface area contributed by atoms with Crippen molar-refractivity contribution < 1.29 is 14.3 Å². The van der Waals surface area contributed by atoms with Gasteiger partial charge in [0.25, 0.3) is 0 Å². The number of nitrogens with one attached hydrogen (secondary N) is 1. The lowest BCUT2D eigenvalue weighted by Crippen LogP contribution is -2.37. The summed E-state index contributed by atoms with van der Waals surface area (Å²) in [6, 6.07) is 6.38. The number of aromatic carboxylic acids is 1. The third kappa shape index (κ3) is 4.30. The van der Waals surface area contributed by atoms with Gasteiger partial charge in [0.2, 0.25) is 0 Å². The summed E-state index contributed by atoms with van der Waals surface area (Å²) in [6.45, 7) is 9.97. The van der Waals surface area contributed by atoms with Crippen LogP contribution in [0.5, 0.6) is 0 Å². The number of nitrogens with zero attached hydrogens (tertiary/aromatic N) is 3. The number of anilines is 2. The molecule has 2 N–H and O–H groups in total. The second kappa shape index (κ2) is 8.26. The monoisotopic (exact) mass is 436 g/mol. The van der Waals surface area contributed by atoms with Crippen molar-refractivity contribution in [1.82, 2.24) is 10.2 Å². The number of hydrogen-bond donors (Lipinski definition) is 2. The van der Waals surface area contributed by atoms with E-state index in [1.54, 1.807) is 6.07 Å². The van der Waals surface area contributed by atoms with Crippen LogP contribution in [0.3, 0.4) is 0 Å². The summed E-state index contributed by atoms with van der Waals surface area (Å²) in [7, 11) is 0. The van der Waals surface area contributed by atoms with E-state index in [-0.39, 0.29) is 28.3 Å². The molecule has 1 aromatic carbocycles. The van der Waals surface area contributed by atoms with E-state index in [9.17, 15) is 14.7 Å². The number of piperidine rings is 1. The molecule has 8 heteroatoms. The lowest BCUT2D eigenvalue weighted by Gasteiger charge is -2.37. The van der Waals surface area contributed by atoms with E-state index in [2.05, 4.69) is 34.3 Å². The minimum Gasteiger partial charge on any atom is -0.478 e. The average Bonchev–Trinajstić information content (AvgIpc) is 2.74. The Bertz CT molecular complexity index is 1220. The van der Waals surface area contributed by atoms with Gasteiger partial charge in [-0.1, -0.05) is 19.9 Å². The van der Waals surface area contributed by atoms with Crippen LogP contribution in [-0.2, 0) is 0 Å². The molecule has 8 nitrogen and oxygen atoms in total. The van der Waals surface area contributed by atoms with Crippen molar-refractivity contribution in [2.45, 2.75) is 46.6 Å². The molecule has 1 saturated heterocycles. The van der Waals surface area contributed by atoms with E-state index in [0.29, 0.717) is 16.9 Å². The summed E-state index contributed by atoms with van der Waals surface area (Å²) in [5, 5.41) is 20.8. The molecule has 0 unspecified atom stereocenters. The quantitative estimate of drug-likeness (QED) is 0.606. The zero-order valence-electron chi connectivity index (χ0n) is 18.8. The molecule has 0 radical (unpaired) electrons. The summed E-state index contributed by atoms with van der Waals surface area (Å²) in [5.41, 5.74) is 2.41. The molecule has 0 bridgehead atoms. The van der Waals surface area contributed by atoms with Crippen molar-refractivity contribution in [3.8, 4) is 0 Å². The van der Waals surface area contributed by atoms with Gasteiger partial charge in [-0.25, -0.2) is 4.79 Å². The standard InChI is InChI=1S/C24H28N4O4/c1-14-11-17(15(2)26-22-16(23(30)31)5-8-25-27-22)21-18(12-14)19(29)13-20(32-21)28-9-6-24(3,4)7-10-28/h5,8,11-13,15H,6-7,9-10H2,1-4H3,(H,26,27)(H,30,31)/t15-/m1/s1. The third-order valence-electron chi connectivity index (χ3n) is 6.19. The fourth-order valence-electron chi connectivity index (χ4n) is 4.13. The molecule has 0 spiro atoms. The number of carboxylic acids is 1. The van der Waals surface area contributed by atoms with Crippen LogP contribution in [0, 0.1) is 12.3 Å². The number of fused-ring (bicyclic) bond motifs is 1. The number of hydrogen-bond acceptors (Lipinski definition) is 7. The molecule has 0 aliphatic carbocycles. The Morgan fingerprint density at radius 1 is 1.25 bits per heavy atom. The molecule has 1 fully saturated rings. The van der Waals surface area contributed by atoms with Crippen molar-refractivity contribution in [2.24, 2.45) is 5.41 Å². The van der Waals surface area contributed by atoms with E-state index in [1.165, 1.54) is 12.3 Å². The van der Waals surface area contributed by atoms with E-state index >= 15 is 0 Å². The molecule has 3 aromatic rings. The van der Waals surface area contributed by atoms with Gasteiger partial charge in [0.15, 0.2) is 17.1 Å². The summed E-state index contributed by atoms with van der Waals surface area (Å²) in [5.74, 6) is -0.356. The van der Waals surface area contributed by atoms with Crippen LogP contribution in [-0.4, -0.2) is 34.4 Å². The Balaban J connectivity index is 1.75. The fourth-order valence-corrected chi connectivity index (χ4v) is 4.13. The number of rotatable bonds is 5. The molecule has 1 aliphatic rings. The molecule has 3 heterocycles. The zero-order valence-corrected chi connectivity index (χ0v) is 18.8. The predicted octanol–water partition coefficient (Wildman–Crippen LogP) is 4.39. The second-order valence-electron chi connectivity index (χ2n) is 9.30. The van der Waals surface area contributed by atoms with E-state index in [0.717, 1.165) is 37.1 Å². The molecule has 1 atom stereocenters. The van der Waals surface area contributed by atoms with Crippen LogP contribution in [0.1, 0.15) is 61.1 Å².